The van der Waals surface area contributed by atoms with E-state index in [0.717, 1.165) is 12.6 Å². The Morgan fingerprint density at radius 3 is 2.79 bits per heavy atom. The van der Waals surface area contributed by atoms with E-state index in [1.54, 1.807) is 11.1 Å². The molecular formula is C17H26N2. The molecule has 1 fully saturated rings. The summed E-state index contributed by atoms with van der Waals surface area (Å²) in [6.45, 7) is 8.52. The SMILES string of the molecule is CCN1CCCC1CN1CCCc2ccccc2C1. The molecule has 2 aliphatic rings. The monoisotopic (exact) mass is 258 g/mol. The number of rotatable bonds is 3. The van der Waals surface area contributed by atoms with Gasteiger partial charge in [0.1, 0.15) is 0 Å². The molecule has 1 saturated heterocycles. The molecule has 19 heavy (non-hydrogen) atoms. The van der Waals surface area contributed by atoms with Gasteiger partial charge in [0.15, 0.2) is 0 Å². The fraction of sp³-hybridized carbons (Fsp3) is 0.647. The Bertz CT molecular complexity index is 415. The fourth-order valence-electron chi connectivity index (χ4n) is 3.74. The number of nitrogens with zero attached hydrogens (tertiary/aromatic N) is 2. The second-order valence-electron chi connectivity index (χ2n) is 6.03. The highest BCUT2D eigenvalue weighted by atomic mass is 15.2. The largest absolute Gasteiger partial charge is 0.299 e. The maximum atomic E-state index is 2.68. The Balaban J connectivity index is 1.66. The van der Waals surface area contributed by atoms with E-state index in [0.29, 0.717) is 0 Å². The lowest BCUT2D eigenvalue weighted by Crippen LogP contribution is -2.40. The predicted octanol–water partition coefficient (Wildman–Crippen LogP) is 2.92. The number of aryl methyl sites for hydroxylation is 1. The van der Waals surface area contributed by atoms with Crippen molar-refractivity contribution in [2.24, 2.45) is 0 Å². The van der Waals surface area contributed by atoms with Gasteiger partial charge in [-0.05, 0) is 56.4 Å². The zero-order valence-corrected chi connectivity index (χ0v) is 12.1. The van der Waals surface area contributed by atoms with E-state index in [2.05, 4.69) is 41.0 Å². The van der Waals surface area contributed by atoms with Gasteiger partial charge in [-0.15, -0.1) is 0 Å². The Morgan fingerprint density at radius 2 is 1.95 bits per heavy atom. The molecule has 0 saturated carbocycles. The molecule has 0 bridgehead atoms. The van der Waals surface area contributed by atoms with Crippen molar-refractivity contribution in [3.8, 4) is 0 Å². The zero-order valence-electron chi connectivity index (χ0n) is 12.1. The molecule has 3 rings (SSSR count). The summed E-state index contributed by atoms with van der Waals surface area (Å²) in [7, 11) is 0. The van der Waals surface area contributed by atoms with Crippen LogP contribution in [0.3, 0.4) is 0 Å². The van der Waals surface area contributed by atoms with Gasteiger partial charge in [-0.1, -0.05) is 31.2 Å². The first-order chi connectivity index (χ1) is 9.36. The van der Waals surface area contributed by atoms with E-state index in [4.69, 9.17) is 0 Å². The average Bonchev–Trinajstić information content (AvgIpc) is 2.77. The number of hydrogen-bond acceptors (Lipinski definition) is 2. The number of hydrogen-bond donors (Lipinski definition) is 0. The minimum Gasteiger partial charge on any atom is -0.299 e. The molecular weight excluding hydrogens is 232 g/mol. The fourth-order valence-corrected chi connectivity index (χ4v) is 3.74. The van der Waals surface area contributed by atoms with Crippen molar-refractivity contribution in [2.45, 2.75) is 45.2 Å². The van der Waals surface area contributed by atoms with Crippen LogP contribution in [0, 0.1) is 0 Å². The predicted molar refractivity (Wildman–Crippen MR) is 80.3 cm³/mol. The van der Waals surface area contributed by atoms with Gasteiger partial charge >= 0.3 is 0 Å². The van der Waals surface area contributed by atoms with Crippen LogP contribution in [0.5, 0.6) is 0 Å². The van der Waals surface area contributed by atoms with Gasteiger partial charge in [0, 0.05) is 19.1 Å². The summed E-state index contributed by atoms with van der Waals surface area (Å²) in [5.74, 6) is 0. The molecule has 1 atom stereocenters. The van der Waals surface area contributed by atoms with Crippen LogP contribution in [0.15, 0.2) is 24.3 Å². The molecule has 2 nitrogen and oxygen atoms in total. The Labute approximate surface area is 117 Å². The molecule has 0 radical (unpaired) electrons. The molecule has 0 amide bonds. The highest BCUT2D eigenvalue weighted by Gasteiger charge is 2.25. The van der Waals surface area contributed by atoms with Crippen LogP contribution in [0.4, 0.5) is 0 Å². The summed E-state index contributed by atoms with van der Waals surface area (Å²) in [5, 5.41) is 0. The highest BCUT2D eigenvalue weighted by molar-refractivity contribution is 5.28. The van der Waals surface area contributed by atoms with E-state index in [1.807, 2.05) is 0 Å². The third kappa shape index (κ3) is 3.01. The van der Waals surface area contributed by atoms with Crippen molar-refractivity contribution in [3.63, 3.8) is 0 Å². The first kappa shape index (κ1) is 13.1. The van der Waals surface area contributed by atoms with E-state index in [9.17, 15) is 0 Å². The van der Waals surface area contributed by atoms with Gasteiger partial charge in [0.05, 0.1) is 0 Å². The van der Waals surface area contributed by atoms with E-state index >= 15 is 0 Å². The van der Waals surface area contributed by atoms with Gasteiger partial charge < -0.3 is 0 Å². The van der Waals surface area contributed by atoms with Crippen LogP contribution in [0.1, 0.15) is 37.3 Å². The maximum Gasteiger partial charge on any atom is 0.0237 e. The molecule has 2 heterocycles. The number of likely N-dealkylation sites (tertiary alicyclic amines) is 1. The molecule has 0 aliphatic carbocycles. The maximum absolute atomic E-state index is 2.68. The lowest BCUT2D eigenvalue weighted by molar-refractivity contribution is 0.173. The van der Waals surface area contributed by atoms with Crippen molar-refractivity contribution in [1.29, 1.82) is 0 Å². The molecule has 0 spiro atoms. The third-order valence-corrected chi connectivity index (χ3v) is 4.81. The molecule has 1 aromatic carbocycles. The van der Waals surface area contributed by atoms with Crippen molar-refractivity contribution in [3.05, 3.63) is 35.4 Å². The van der Waals surface area contributed by atoms with Gasteiger partial charge in [-0.3, -0.25) is 9.80 Å². The van der Waals surface area contributed by atoms with Crippen molar-refractivity contribution in [2.75, 3.05) is 26.2 Å². The van der Waals surface area contributed by atoms with Crippen LogP contribution in [0.25, 0.3) is 0 Å². The summed E-state index contributed by atoms with van der Waals surface area (Å²) in [4.78, 5) is 5.35. The smallest absolute Gasteiger partial charge is 0.0237 e. The minimum absolute atomic E-state index is 0.801. The van der Waals surface area contributed by atoms with E-state index in [-0.39, 0.29) is 0 Å². The topological polar surface area (TPSA) is 6.48 Å². The summed E-state index contributed by atoms with van der Waals surface area (Å²) >= 11 is 0. The number of likely N-dealkylation sites (N-methyl/N-ethyl adjacent to an activating group) is 1. The van der Waals surface area contributed by atoms with Gasteiger partial charge in [0.2, 0.25) is 0 Å². The van der Waals surface area contributed by atoms with Gasteiger partial charge in [0.25, 0.3) is 0 Å². The minimum atomic E-state index is 0.801. The van der Waals surface area contributed by atoms with Crippen LogP contribution >= 0.6 is 0 Å². The van der Waals surface area contributed by atoms with Crippen LogP contribution in [-0.4, -0.2) is 42.0 Å². The van der Waals surface area contributed by atoms with Crippen molar-refractivity contribution in [1.82, 2.24) is 9.80 Å². The summed E-state index contributed by atoms with van der Waals surface area (Å²) in [6.07, 6.45) is 5.36. The number of fused-ring (bicyclic) bond motifs is 1. The van der Waals surface area contributed by atoms with E-state index < -0.39 is 0 Å². The quantitative estimate of drug-likeness (QED) is 0.822. The third-order valence-electron chi connectivity index (χ3n) is 4.81. The second kappa shape index (κ2) is 6.06. The summed E-state index contributed by atoms with van der Waals surface area (Å²) in [5.41, 5.74) is 3.13. The number of benzene rings is 1. The average molecular weight is 258 g/mol. The standard InChI is InChI=1S/C17H26N2/c1-2-19-12-6-10-17(19)14-18-11-5-9-15-7-3-4-8-16(15)13-18/h3-4,7-8,17H,2,5-6,9-14H2,1H3. The van der Waals surface area contributed by atoms with Crippen LogP contribution in [0.2, 0.25) is 0 Å². The molecule has 104 valence electrons. The lowest BCUT2D eigenvalue weighted by atomic mass is 10.0. The molecule has 1 aromatic rings. The Morgan fingerprint density at radius 1 is 1.11 bits per heavy atom. The second-order valence-corrected chi connectivity index (χ2v) is 6.03. The van der Waals surface area contributed by atoms with Gasteiger partial charge in [-0.2, -0.15) is 0 Å². The first-order valence-electron chi connectivity index (χ1n) is 7.90. The zero-order chi connectivity index (χ0) is 13.1. The molecule has 2 heteroatoms. The van der Waals surface area contributed by atoms with E-state index in [1.165, 1.54) is 51.9 Å². The van der Waals surface area contributed by atoms with Crippen molar-refractivity contribution >= 4 is 0 Å². The molecule has 1 unspecified atom stereocenters. The molecule has 0 N–H and O–H groups in total. The highest BCUT2D eigenvalue weighted by Crippen LogP contribution is 2.22. The van der Waals surface area contributed by atoms with Crippen molar-refractivity contribution < 1.29 is 0 Å². The van der Waals surface area contributed by atoms with Gasteiger partial charge in [-0.25, -0.2) is 0 Å². The first-order valence-corrected chi connectivity index (χ1v) is 7.90. The van der Waals surface area contributed by atoms with Crippen LogP contribution in [-0.2, 0) is 13.0 Å². The Kier molecular flexibility index (Phi) is 4.19. The summed E-state index contributed by atoms with van der Waals surface area (Å²) < 4.78 is 0. The Hall–Kier alpha value is -0.860. The molecule has 0 aromatic heterocycles. The summed E-state index contributed by atoms with van der Waals surface area (Å²) in [6, 6.07) is 9.81. The van der Waals surface area contributed by atoms with Crippen LogP contribution < -0.4 is 0 Å². The lowest BCUT2D eigenvalue weighted by Gasteiger charge is -2.29. The normalized spacial score (nSPS) is 25.2. The molecule has 2 aliphatic heterocycles.